The fourth-order valence-electron chi connectivity index (χ4n) is 7.61. The molecule has 10 nitrogen and oxygen atoms in total. The molecule has 0 rings (SSSR count). The van der Waals surface area contributed by atoms with E-state index >= 15 is 0 Å². The summed E-state index contributed by atoms with van der Waals surface area (Å²) in [6.45, 7) is 2.57. The van der Waals surface area contributed by atoms with Gasteiger partial charge in [-0.3, -0.25) is 9.59 Å². The van der Waals surface area contributed by atoms with Gasteiger partial charge in [0.25, 0.3) is 0 Å². The highest BCUT2D eigenvalue weighted by atomic mass is 33.1. The van der Waals surface area contributed by atoms with Crippen molar-refractivity contribution in [1.29, 1.82) is 0 Å². The molecule has 0 aliphatic heterocycles. The summed E-state index contributed by atoms with van der Waals surface area (Å²) in [4.78, 5) is 51.2. The predicted molar refractivity (Wildman–Crippen MR) is 251 cm³/mol. The van der Waals surface area contributed by atoms with Crippen LogP contribution in [-0.2, 0) is 19.2 Å². The number of carboxylic acids is 2. The molecule has 0 aromatic carbocycles. The average Bonchev–Trinajstić information content (AvgIpc) is 3.20. The van der Waals surface area contributed by atoms with E-state index in [1.54, 1.807) is 9.80 Å². The lowest BCUT2D eigenvalue weighted by Gasteiger charge is -2.20. The van der Waals surface area contributed by atoms with Crippen LogP contribution in [0, 0.1) is 0 Å². The van der Waals surface area contributed by atoms with Gasteiger partial charge in [-0.1, -0.05) is 176 Å². The molecule has 0 bridgehead atoms. The number of hydrogen-bond donors (Lipinski definition) is 4. The van der Waals surface area contributed by atoms with Crippen LogP contribution in [0.1, 0.15) is 218 Å². The molecule has 0 radical (unpaired) electrons. The molecule has 0 aliphatic rings. The monoisotopic (exact) mass is 887 g/mol. The first-order valence-corrected chi connectivity index (χ1v) is 27.3. The number of quaternary nitrogens is 2. The summed E-state index contributed by atoms with van der Waals surface area (Å²) in [6, 6.07) is -2.10. The highest BCUT2D eigenvalue weighted by Crippen LogP contribution is 2.24. The summed E-state index contributed by atoms with van der Waals surface area (Å²) < 4.78 is 0. The zero-order valence-electron chi connectivity index (χ0n) is 39.3. The Morgan fingerprint density at radius 2 is 0.600 bits per heavy atom. The van der Waals surface area contributed by atoms with Crippen molar-refractivity contribution in [2.45, 2.75) is 230 Å². The number of rotatable bonds is 47. The third kappa shape index (κ3) is 43.2. The van der Waals surface area contributed by atoms with Crippen molar-refractivity contribution in [2.24, 2.45) is 0 Å². The lowest BCUT2D eigenvalue weighted by Crippen LogP contribution is -3.05. The molecule has 0 fully saturated rings. The minimum Gasteiger partial charge on any atom is -0.548 e. The molecule has 0 aliphatic carbocycles. The van der Waals surface area contributed by atoms with Crippen molar-refractivity contribution < 1.29 is 39.2 Å². The summed E-state index contributed by atoms with van der Waals surface area (Å²) in [6.07, 6.45) is 38.6. The fourth-order valence-corrected chi connectivity index (χ4v) is 9.79. The number of unbranched alkanes of at least 4 members (excludes halogenated alkanes) is 28. The molecule has 0 saturated heterocycles. The third-order valence-corrected chi connectivity index (χ3v) is 13.9. The molecule has 0 aromatic rings. The zero-order chi connectivity index (χ0) is 44.3. The van der Waals surface area contributed by atoms with E-state index in [1.165, 1.54) is 189 Å². The van der Waals surface area contributed by atoms with Crippen LogP contribution in [0.4, 0.5) is 0 Å². The molecule has 0 heterocycles. The molecular weight excluding hydrogens is 793 g/mol. The minimum atomic E-state index is -1.29. The van der Waals surface area contributed by atoms with Gasteiger partial charge < -0.3 is 40.2 Å². The van der Waals surface area contributed by atoms with E-state index < -0.39 is 24.0 Å². The van der Waals surface area contributed by atoms with E-state index in [2.05, 4.69) is 38.8 Å². The van der Waals surface area contributed by atoms with Gasteiger partial charge >= 0.3 is 0 Å². The van der Waals surface area contributed by atoms with E-state index in [9.17, 15) is 29.4 Å². The third-order valence-electron chi connectivity index (χ3n) is 11.5. The fraction of sp³-hybridized carbons (Fsp3) is 0.917. The second kappa shape index (κ2) is 44.1. The van der Waals surface area contributed by atoms with Crippen molar-refractivity contribution in [3.8, 4) is 0 Å². The standard InChI is InChI=1S/C48H94N4O6S2/c1-51(2)39-33-29-25-21-17-13-9-5-7-11-15-19-23-27-31-35-45(53)49-43(47(55)56)37-41-59-60-42-38-44(48(57)58)50-46(54)36-32-28-24-20-16-12-8-6-10-14-18-22-26-30-34-40-52(3)4/h43-44H,5-42H2,1-4H3,(H,49,53)(H,50,54)(H,55,56)(H,57,58). The zero-order valence-corrected chi connectivity index (χ0v) is 40.9. The molecule has 2 amide bonds. The topological polar surface area (TPSA) is 147 Å². The van der Waals surface area contributed by atoms with E-state index in [1.807, 2.05) is 0 Å². The Bertz CT molecular complexity index is 943. The van der Waals surface area contributed by atoms with Crippen LogP contribution in [0.2, 0.25) is 0 Å². The second-order valence-electron chi connectivity index (χ2n) is 18.1. The van der Waals surface area contributed by atoms with Crippen molar-refractivity contribution in [1.82, 2.24) is 10.6 Å². The first-order valence-electron chi connectivity index (χ1n) is 24.9. The molecular formula is C48H94N4O6S2. The van der Waals surface area contributed by atoms with E-state index in [-0.39, 0.29) is 24.7 Å². The summed E-state index contributed by atoms with van der Waals surface area (Å²) >= 11 is 0. The summed E-state index contributed by atoms with van der Waals surface area (Å²) in [5.41, 5.74) is 0. The summed E-state index contributed by atoms with van der Waals surface area (Å²) in [5.74, 6) is -2.18. The Labute approximate surface area is 376 Å². The molecule has 354 valence electrons. The first kappa shape index (κ1) is 58.5. The second-order valence-corrected chi connectivity index (χ2v) is 20.8. The Morgan fingerprint density at radius 1 is 0.383 bits per heavy atom. The maximum Gasteiger partial charge on any atom is 0.220 e. The van der Waals surface area contributed by atoms with Gasteiger partial charge in [-0.15, -0.1) is 0 Å². The molecule has 2 atom stereocenters. The maximum absolute atomic E-state index is 12.4. The van der Waals surface area contributed by atoms with Crippen LogP contribution in [0.25, 0.3) is 0 Å². The van der Waals surface area contributed by atoms with Crippen molar-refractivity contribution in [3.63, 3.8) is 0 Å². The highest BCUT2D eigenvalue weighted by Gasteiger charge is 2.15. The van der Waals surface area contributed by atoms with Gasteiger partial charge in [-0.25, -0.2) is 0 Å². The molecule has 12 heteroatoms. The van der Waals surface area contributed by atoms with Gasteiger partial charge in [0, 0.05) is 24.3 Å². The maximum atomic E-state index is 12.4. The molecule has 2 unspecified atom stereocenters. The number of carboxylic acid groups (broad SMARTS) is 2. The SMILES string of the molecule is C[NH+](C)CCCCCCCCCCCCCCCCCC(=O)NC(CCSSCCC(NC(=O)CCCCCCCCCCCCCCCCC[NH+](C)C)C(=O)[O-])C(=O)[O-]. The average molecular weight is 887 g/mol. The number of nitrogens with one attached hydrogen (secondary N) is 4. The van der Waals surface area contributed by atoms with Gasteiger partial charge in [0.05, 0.1) is 65.3 Å². The normalized spacial score (nSPS) is 12.6. The Kier molecular flexibility index (Phi) is 43.0. The number of carbonyl (C=O) groups excluding carboxylic acids is 4. The van der Waals surface area contributed by atoms with Crippen LogP contribution in [0.3, 0.4) is 0 Å². The molecule has 60 heavy (non-hydrogen) atoms. The van der Waals surface area contributed by atoms with Crippen LogP contribution in [0.15, 0.2) is 0 Å². The predicted octanol–water partition coefficient (Wildman–Crippen LogP) is 6.39. The molecule has 0 spiro atoms. The van der Waals surface area contributed by atoms with Gasteiger partial charge in [0.1, 0.15) is 0 Å². The number of aliphatic carboxylic acids is 2. The van der Waals surface area contributed by atoms with Gasteiger partial charge in [-0.2, -0.15) is 0 Å². The van der Waals surface area contributed by atoms with Crippen LogP contribution >= 0.6 is 21.6 Å². The van der Waals surface area contributed by atoms with Gasteiger partial charge in [0.2, 0.25) is 11.8 Å². The summed E-state index contributed by atoms with van der Waals surface area (Å²) in [7, 11) is 11.7. The quantitative estimate of drug-likeness (QED) is 0.0407. The Morgan fingerprint density at radius 3 is 0.817 bits per heavy atom. The van der Waals surface area contributed by atoms with Crippen molar-refractivity contribution in [3.05, 3.63) is 0 Å². The smallest absolute Gasteiger partial charge is 0.220 e. The van der Waals surface area contributed by atoms with Crippen LogP contribution in [0.5, 0.6) is 0 Å². The molecule has 0 saturated carbocycles. The minimum absolute atomic E-state index is 0.225. The van der Waals surface area contributed by atoms with E-state index in [0.717, 1.165) is 38.5 Å². The lowest BCUT2D eigenvalue weighted by molar-refractivity contribution is -0.858. The van der Waals surface area contributed by atoms with E-state index in [4.69, 9.17) is 0 Å². The Hall–Kier alpha value is -1.50. The van der Waals surface area contributed by atoms with E-state index in [0.29, 0.717) is 24.3 Å². The van der Waals surface area contributed by atoms with Crippen LogP contribution in [-0.4, -0.2) is 88.6 Å². The van der Waals surface area contributed by atoms with Gasteiger partial charge in [-0.05, 0) is 51.4 Å². The Balaban J connectivity index is 3.78. The van der Waals surface area contributed by atoms with Crippen molar-refractivity contribution >= 4 is 45.3 Å². The first-order chi connectivity index (χ1) is 29.0. The lowest BCUT2D eigenvalue weighted by atomic mass is 10.0. The highest BCUT2D eigenvalue weighted by molar-refractivity contribution is 8.76. The molecule has 0 aromatic heterocycles. The molecule has 4 N–H and O–H groups in total. The summed E-state index contributed by atoms with van der Waals surface area (Å²) in [5, 5.41) is 28.5. The number of carbonyl (C=O) groups is 4. The van der Waals surface area contributed by atoms with Crippen molar-refractivity contribution in [2.75, 3.05) is 52.8 Å². The van der Waals surface area contributed by atoms with Gasteiger partial charge in [0.15, 0.2) is 0 Å². The van der Waals surface area contributed by atoms with Crippen LogP contribution < -0.4 is 30.6 Å². The number of hydrogen-bond acceptors (Lipinski definition) is 8. The number of amides is 2. The largest absolute Gasteiger partial charge is 0.548 e.